The first-order valence-corrected chi connectivity index (χ1v) is 12.8. The van der Waals surface area contributed by atoms with Crippen molar-refractivity contribution in [2.45, 2.75) is 56.3 Å². The van der Waals surface area contributed by atoms with E-state index < -0.39 is 53.8 Å². The predicted octanol–water partition coefficient (Wildman–Crippen LogP) is -1.71. The minimum absolute atomic E-state index is 0.0153. The van der Waals surface area contributed by atoms with E-state index in [2.05, 4.69) is 35.9 Å². The first-order valence-electron chi connectivity index (χ1n) is 12.8. The molecule has 0 fully saturated rings. The van der Waals surface area contributed by atoms with E-state index in [9.17, 15) is 29.1 Å². The molecule has 0 bridgehead atoms. The average molecular weight is 568 g/mol. The lowest BCUT2D eigenvalue weighted by Crippen LogP contribution is -2.58. The highest BCUT2D eigenvalue weighted by atomic mass is 16.4. The van der Waals surface area contributed by atoms with Crippen LogP contribution in [0.15, 0.2) is 55.4 Å². The molecule has 0 spiro atoms. The van der Waals surface area contributed by atoms with Gasteiger partial charge >= 0.3 is 5.97 Å². The molecule has 0 radical (unpaired) electrons. The van der Waals surface area contributed by atoms with Crippen LogP contribution in [-0.2, 0) is 43.2 Å². The van der Waals surface area contributed by atoms with Crippen LogP contribution in [0.1, 0.15) is 29.8 Å². The molecule has 218 valence electrons. The van der Waals surface area contributed by atoms with E-state index in [-0.39, 0.29) is 32.1 Å². The fourth-order valence-electron chi connectivity index (χ4n) is 3.95. The molecule has 4 atom stereocenters. The number of nitrogens with zero attached hydrogens (tertiary/aromatic N) is 2. The van der Waals surface area contributed by atoms with Gasteiger partial charge in [0.05, 0.1) is 18.7 Å². The van der Waals surface area contributed by atoms with Crippen molar-refractivity contribution < 1.29 is 29.1 Å². The Labute approximate surface area is 234 Å². The van der Waals surface area contributed by atoms with Crippen LogP contribution in [0.4, 0.5) is 0 Å². The van der Waals surface area contributed by atoms with Gasteiger partial charge in [-0.3, -0.25) is 19.2 Å². The maximum atomic E-state index is 13.5. The summed E-state index contributed by atoms with van der Waals surface area (Å²) in [6.07, 6.45) is 5.52. The number of carboxylic acid groups (broad SMARTS) is 1. The lowest BCUT2D eigenvalue weighted by Gasteiger charge is -2.25. The largest absolute Gasteiger partial charge is 0.480 e. The van der Waals surface area contributed by atoms with E-state index in [4.69, 9.17) is 11.5 Å². The SMILES string of the molecule is NC(=O)CCC(N)C(=O)NC(Cc1ccccc1)C(=O)NC(Cc1cnc[nH]1)C(=O)NC(Cc1cnc[nH]1)C(=O)O. The number of aromatic amines is 2. The number of hydrogen-bond acceptors (Lipinski definition) is 8. The highest BCUT2D eigenvalue weighted by molar-refractivity contribution is 5.94. The monoisotopic (exact) mass is 567 g/mol. The lowest BCUT2D eigenvalue weighted by atomic mass is 10.0. The highest BCUT2D eigenvalue weighted by Gasteiger charge is 2.31. The van der Waals surface area contributed by atoms with Crippen LogP contribution in [0.25, 0.3) is 0 Å². The number of primary amides is 1. The van der Waals surface area contributed by atoms with Crippen LogP contribution < -0.4 is 27.4 Å². The van der Waals surface area contributed by atoms with Gasteiger partial charge in [-0.25, -0.2) is 14.8 Å². The predicted molar refractivity (Wildman–Crippen MR) is 145 cm³/mol. The maximum absolute atomic E-state index is 13.5. The summed E-state index contributed by atoms with van der Waals surface area (Å²) >= 11 is 0. The number of nitrogens with one attached hydrogen (secondary N) is 5. The van der Waals surface area contributed by atoms with E-state index in [0.717, 1.165) is 5.56 Å². The summed E-state index contributed by atoms with van der Waals surface area (Å²) in [4.78, 5) is 76.0. The van der Waals surface area contributed by atoms with Gasteiger partial charge in [0, 0.05) is 49.5 Å². The van der Waals surface area contributed by atoms with Gasteiger partial charge in [-0.15, -0.1) is 0 Å². The molecule has 0 saturated carbocycles. The third kappa shape index (κ3) is 9.89. The number of carbonyl (C=O) groups excluding carboxylic acids is 4. The number of benzene rings is 1. The lowest BCUT2D eigenvalue weighted by molar-refractivity contribution is -0.142. The summed E-state index contributed by atoms with van der Waals surface area (Å²) in [7, 11) is 0. The van der Waals surface area contributed by atoms with Gasteiger partial charge in [0.25, 0.3) is 0 Å². The number of carboxylic acids is 1. The summed E-state index contributed by atoms with van der Waals surface area (Å²) in [5.74, 6) is -4.04. The zero-order valence-corrected chi connectivity index (χ0v) is 22.1. The zero-order valence-electron chi connectivity index (χ0n) is 22.1. The van der Waals surface area contributed by atoms with Crippen LogP contribution >= 0.6 is 0 Å². The van der Waals surface area contributed by atoms with Crippen molar-refractivity contribution in [3.8, 4) is 0 Å². The minimum atomic E-state index is -1.31. The molecule has 2 aromatic heterocycles. The van der Waals surface area contributed by atoms with Gasteiger partial charge in [-0.1, -0.05) is 30.3 Å². The molecule has 3 rings (SSSR count). The molecule has 0 aliphatic rings. The van der Waals surface area contributed by atoms with Crippen molar-refractivity contribution in [3.63, 3.8) is 0 Å². The number of hydrogen-bond donors (Lipinski definition) is 8. The second kappa shape index (κ2) is 14.9. The highest BCUT2D eigenvalue weighted by Crippen LogP contribution is 2.08. The van der Waals surface area contributed by atoms with E-state index >= 15 is 0 Å². The molecule has 2 heterocycles. The van der Waals surface area contributed by atoms with Gasteiger partial charge < -0.3 is 42.5 Å². The number of carbonyl (C=O) groups is 5. The summed E-state index contributed by atoms with van der Waals surface area (Å²) < 4.78 is 0. The molecule has 4 amide bonds. The number of H-pyrrole nitrogens is 2. The van der Waals surface area contributed by atoms with E-state index in [0.29, 0.717) is 11.4 Å². The van der Waals surface area contributed by atoms with Crippen molar-refractivity contribution in [2.75, 3.05) is 0 Å². The minimum Gasteiger partial charge on any atom is -0.480 e. The van der Waals surface area contributed by atoms with Crippen LogP contribution in [0, 0.1) is 0 Å². The molecule has 41 heavy (non-hydrogen) atoms. The summed E-state index contributed by atoms with van der Waals surface area (Å²) in [5, 5.41) is 17.4. The Morgan fingerprint density at radius 2 is 1.29 bits per heavy atom. The first-order chi connectivity index (χ1) is 19.6. The second-order valence-electron chi connectivity index (χ2n) is 9.38. The van der Waals surface area contributed by atoms with E-state index in [1.165, 1.54) is 25.0 Å². The molecular weight excluding hydrogens is 534 g/mol. The Hall–Kier alpha value is -5.05. The van der Waals surface area contributed by atoms with Crippen LogP contribution in [0.3, 0.4) is 0 Å². The van der Waals surface area contributed by atoms with Crippen molar-refractivity contribution in [1.29, 1.82) is 0 Å². The summed E-state index contributed by atoms with van der Waals surface area (Å²) in [6.45, 7) is 0. The Bertz CT molecular complexity index is 1300. The fraction of sp³-hybridized carbons (Fsp3) is 0.346. The molecule has 10 N–H and O–H groups in total. The molecule has 3 aromatic rings. The molecule has 15 nitrogen and oxygen atoms in total. The molecule has 4 unspecified atom stereocenters. The number of nitrogens with two attached hydrogens (primary N) is 2. The third-order valence-electron chi connectivity index (χ3n) is 6.16. The number of aromatic nitrogens is 4. The Morgan fingerprint density at radius 1 is 0.780 bits per heavy atom. The van der Waals surface area contributed by atoms with Crippen LogP contribution in [-0.4, -0.2) is 78.8 Å². The molecule has 1 aromatic carbocycles. The van der Waals surface area contributed by atoms with Gasteiger partial charge in [-0.2, -0.15) is 0 Å². The van der Waals surface area contributed by atoms with Gasteiger partial charge in [0.1, 0.15) is 18.1 Å². The Kier molecular flexibility index (Phi) is 11.1. The quantitative estimate of drug-likeness (QED) is 0.0979. The van der Waals surface area contributed by atoms with Crippen molar-refractivity contribution >= 4 is 29.6 Å². The van der Waals surface area contributed by atoms with Gasteiger partial charge in [0.2, 0.25) is 23.6 Å². The molecule has 0 saturated heterocycles. The van der Waals surface area contributed by atoms with Crippen LogP contribution in [0.5, 0.6) is 0 Å². The van der Waals surface area contributed by atoms with Crippen molar-refractivity contribution in [2.24, 2.45) is 11.5 Å². The smallest absolute Gasteiger partial charge is 0.326 e. The van der Waals surface area contributed by atoms with E-state index in [1.807, 2.05) is 0 Å². The molecular formula is C26H33N9O6. The Morgan fingerprint density at radius 3 is 1.80 bits per heavy atom. The maximum Gasteiger partial charge on any atom is 0.326 e. The Balaban J connectivity index is 1.79. The number of amides is 4. The summed E-state index contributed by atoms with van der Waals surface area (Å²) in [6, 6.07) is 4.07. The molecule has 15 heteroatoms. The van der Waals surface area contributed by atoms with Crippen molar-refractivity contribution in [1.82, 2.24) is 35.9 Å². The number of imidazole rings is 2. The fourth-order valence-corrected chi connectivity index (χ4v) is 3.95. The molecule has 0 aliphatic carbocycles. The van der Waals surface area contributed by atoms with Gasteiger partial charge in [-0.05, 0) is 12.0 Å². The topological polar surface area (TPSA) is 251 Å². The average Bonchev–Trinajstić information content (AvgIpc) is 3.65. The zero-order chi connectivity index (χ0) is 29.8. The number of aliphatic carboxylic acids is 1. The normalized spacial score (nSPS) is 13.8. The third-order valence-corrected chi connectivity index (χ3v) is 6.16. The summed E-state index contributed by atoms with van der Waals surface area (Å²) in [5.41, 5.74) is 12.8. The second-order valence-corrected chi connectivity index (χ2v) is 9.38. The molecule has 0 aliphatic heterocycles. The first kappa shape index (κ1) is 30.5. The van der Waals surface area contributed by atoms with Gasteiger partial charge in [0.15, 0.2) is 0 Å². The number of rotatable bonds is 16. The van der Waals surface area contributed by atoms with Crippen LogP contribution in [0.2, 0.25) is 0 Å². The standard InChI is InChI=1S/C26H33N9O6/c27-18(6-7-22(28)36)23(37)33-19(8-15-4-2-1-3-5-15)24(38)34-20(9-16-11-29-13-31-16)25(39)35-21(26(40)41)10-17-12-30-14-32-17/h1-5,11-14,18-21H,6-10,27H2,(H2,28,36)(H,29,31)(H,30,32)(H,33,37)(H,34,38)(H,35,39)(H,40,41). The van der Waals surface area contributed by atoms with Crippen molar-refractivity contribution in [3.05, 3.63) is 72.3 Å². The van der Waals surface area contributed by atoms with E-state index in [1.54, 1.807) is 30.3 Å².